The minimum absolute atomic E-state index is 0.655. The predicted octanol–water partition coefficient (Wildman–Crippen LogP) is 2.68. The van der Waals surface area contributed by atoms with E-state index in [1.165, 1.54) is 29.0 Å². The molecule has 0 aliphatic carbocycles. The molecule has 1 aromatic heterocycles. The Hall–Kier alpha value is -1.16. The van der Waals surface area contributed by atoms with Gasteiger partial charge in [-0.15, -0.1) is 0 Å². The fraction of sp³-hybridized carbons (Fsp3) is 0.462. The van der Waals surface area contributed by atoms with E-state index >= 15 is 0 Å². The van der Waals surface area contributed by atoms with Gasteiger partial charge >= 0.3 is 0 Å². The molecule has 2 heterocycles. The van der Waals surface area contributed by atoms with E-state index in [4.69, 9.17) is 5.73 Å². The number of nitrogens with two attached hydrogens (primary N) is 1. The summed E-state index contributed by atoms with van der Waals surface area (Å²) in [5, 5.41) is 0. The summed E-state index contributed by atoms with van der Waals surface area (Å²) in [6, 6.07) is 6.33. The molecular weight excluding hydrogens is 230 g/mol. The van der Waals surface area contributed by atoms with E-state index < -0.39 is 0 Å². The largest absolute Gasteiger partial charge is 0.369 e. The van der Waals surface area contributed by atoms with Gasteiger partial charge in [0, 0.05) is 6.54 Å². The Morgan fingerprint density at radius 1 is 1.53 bits per heavy atom. The number of aryl methyl sites for hydroxylation is 1. The third-order valence-corrected chi connectivity index (χ3v) is 4.63. The highest BCUT2D eigenvalue weighted by molar-refractivity contribution is 7.99. The first kappa shape index (κ1) is 11.0. The average Bonchev–Trinajstić information content (AvgIpc) is 2.90. The second-order valence-corrected chi connectivity index (χ2v) is 5.95. The molecule has 1 aliphatic rings. The maximum absolute atomic E-state index is 6.03. The summed E-state index contributed by atoms with van der Waals surface area (Å²) in [7, 11) is 0. The third kappa shape index (κ3) is 2.02. The molecule has 0 amide bonds. The first-order valence-electron chi connectivity index (χ1n) is 6.04. The van der Waals surface area contributed by atoms with Crippen molar-refractivity contribution in [3.8, 4) is 0 Å². The van der Waals surface area contributed by atoms with Crippen LogP contribution in [0.5, 0.6) is 0 Å². The van der Waals surface area contributed by atoms with Crippen LogP contribution in [0.2, 0.25) is 0 Å². The van der Waals surface area contributed by atoms with Crippen molar-refractivity contribution in [1.29, 1.82) is 0 Å². The molecule has 17 heavy (non-hydrogen) atoms. The van der Waals surface area contributed by atoms with E-state index in [1.807, 2.05) is 11.8 Å². The maximum Gasteiger partial charge on any atom is 0.201 e. The number of rotatable bonds is 2. The summed E-state index contributed by atoms with van der Waals surface area (Å²) >= 11 is 2.04. The van der Waals surface area contributed by atoms with Gasteiger partial charge in [-0.3, -0.25) is 0 Å². The van der Waals surface area contributed by atoms with E-state index in [9.17, 15) is 0 Å². The summed E-state index contributed by atoms with van der Waals surface area (Å²) in [5.74, 6) is 3.95. The molecule has 1 atom stereocenters. The zero-order chi connectivity index (χ0) is 11.8. The van der Waals surface area contributed by atoms with Crippen molar-refractivity contribution in [2.45, 2.75) is 19.9 Å². The average molecular weight is 247 g/mol. The van der Waals surface area contributed by atoms with Gasteiger partial charge in [-0.2, -0.15) is 11.8 Å². The monoisotopic (exact) mass is 247 g/mol. The number of benzene rings is 1. The van der Waals surface area contributed by atoms with Crippen molar-refractivity contribution < 1.29 is 0 Å². The Bertz CT molecular complexity index is 541. The first-order valence-corrected chi connectivity index (χ1v) is 7.19. The molecule has 0 radical (unpaired) electrons. The Morgan fingerprint density at radius 3 is 3.18 bits per heavy atom. The van der Waals surface area contributed by atoms with Gasteiger partial charge < -0.3 is 10.3 Å². The topological polar surface area (TPSA) is 43.8 Å². The number of nitrogen functional groups attached to an aromatic ring is 1. The standard InChI is InChI=1S/C13H17N3S/c1-9-2-3-11-12(6-9)16(13(14)15-11)7-10-4-5-17-8-10/h2-3,6,10H,4-5,7-8H2,1H3,(H2,14,15). The van der Waals surface area contributed by atoms with Gasteiger partial charge in [-0.25, -0.2) is 4.98 Å². The number of aromatic nitrogens is 2. The lowest BCUT2D eigenvalue weighted by atomic mass is 10.1. The number of hydrogen-bond acceptors (Lipinski definition) is 3. The number of anilines is 1. The lowest BCUT2D eigenvalue weighted by Crippen LogP contribution is -2.12. The van der Waals surface area contributed by atoms with E-state index in [0.29, 0.717) is 5.95 Å². The van der Waals surface area contributed by atoms with Crippen LogP contribution in [-0.4, -0.2) is 21.1 Å². The molecule has 1 saturated heterocycles. The Labute approximate surface area is 105 Å². The lowest BCUT2D eigenvalue weighted by Gasteiger charge is -2.11. The zero-order valence-electron chi connectivity index (χ0n) is 10.0. The van der Waals surface area contributed by atoms with Crippen LogP contribution in [0.3, 0.4) is 0 Å². The zero-order valence-corrected chi connectivity index (χ0v) is 10.8. The summed E-state index contributed by atoms with van der Waals surface area (Å²) < 4.78 is 2.18. The fourth-order valence-electron chi connectivity index (χ4n) is 2.43. The Balaban J connectivity index is 2.01. The first-order chi connectivity index (χ1) is 8.24. The van der Waals surface area contributed by atoms with Crippen LogP contribution in [0.15, 0.2) is 18.2 Å². The molecule has 1 aliphatic heterocycles. The summed E-state index contributed by atoms with van der Waals surface area (Å²) in [6.45, 7) is 3.12. The van der Waals surface area contributed by atoms with Crippen molar-refractivity contribution >= 4 is 28.7 Å². The highest BCUT2D eigenvalue weighted by Crippen LogP contribution is 2.28. The predicted molar refractivity (Wildman–Crippen MR) is 74.3 cm³/mol. The molecule has 90 valence electrons. The lowest BCUT2D eigenvalue weighted by molar-refractivity contribution is 0.505. The third-order valence-electron chi connectivity index (χ3n) is 3.40. The SMILES string of the molecule is Cc1ccc2nc(N)n(CC3CCSC3)c2c1. The van der Waals surface area contributed by atoms with E-state index in [0.717, 1.165) is 18.0 Å². The van der Waals surface area contributed by atoms with E-state index in [2.05, 4.69) is 34.7 Å². The maximum atomic E-state index is 6.03. The normalized spacial score (nSPS) is 20.2. The number of thioether (sulfide) groups is 1. The van der Waals surface area contributed by atoms with Gasteiger partial charge in [-0.05, 0) is 48.5 Å². The van der Waals surface area contributed by atoms with E-state index in [1.54, 1.807) is 0 Å². The van der Waals surface area contributed by atoms with Crippen LogP contribution >= 0.6 is 11.8 Å². The van der Waals surface area contributed by atoms with Crippen molar-refractivity contribution in [3.05, 3.63) is 23.8 Å². The van der Waals surface area contributed by atoms with Gasteiger partial charge in [-0.1, -0.05) is 6.07 Å². The second kappa shape index (κ2) is 4.26. The van der Waals surface area contributed by atoms with Crippen molar-refractivity contribution in [2.75, 3.05) is 17.2 Å². The minimum atomic E-state index is 0.655. The van der Waals surface area contributed by atoms with Crippen LogP contribution in [0.4, 0.5) is 5.95 Å². The van der Waals surface area contributed by atoms with Gasteiger partial charge in [0.2, 0.25) is 5.95 Å². The molecule has 4 heteroatoms. The summed E-state index contributed by atoms with van der Waals surface area (Å²) in [5.41, 5.74) is 9.48. The molecule has 0 spiro atoms. The molecule has 2 aromatic rings. The van der Waals surface area contributed by atoms with Gasteiger partial charge in [0.1, 0.15) is 0 Å². The molecule has 1 aromatic carbocycles. The van der Waals surface area contributed by atoms with Crippen molar-refractivity contribution in [2.24, 2.45) is 5.92 Å². The highest BCUT2D eigenvalue weighted by Gasteiger charge is 2.18. The molecule has 1 fully saturated rings. The number of hydrogen-bond donors (Lipinski definition) is 1. The molecule has 3 rings (SSSR count). The molecular formula is C13H17N3S. The molecule has 0 saturated carbocycles. The van der Waals surface area contributed by atoms with Crippen molar-refractivity contribution in [3.63, 3.8) is 0 Å². The van der Waals surface area contributed by atoms with Crippen LogP contribution in [-0.2, 0) is 6.54 Å². The van der Waals surface area contributed by atoms with Crippen LogP contribution in [0.25, 0.3) is 11.0 Å². The molecule has 1 unspecified atom stereocenters. The Kier molecular flexibility index (Phi) is 2.74. The summed E-state index contributed by atoms with van der Waals surface area (Å²) in [6.07, 6.45) is 1.30. The van der Waals surface area contributed by atoms with Crippen molar-refractivity contribution in [1.82, 2.24) is 9.55 Å². The van der Waals surface area contributed by atoms with Gasteiger partial charge in [0.25, 0.3) is 0 Å². The smallest absolute Gasteiger partial charge is 0.201 e. The van der Waals surface area contributed by atoms with E-state index in [-0.39, 0.29) is 0 Å². The Morgan fingerprint density at radius 2 is 2.41 bits per heavy atom. The van der Waals surface area contributed by atoms with Gasteiger partial charge in [0.15, 0.2) is 0 Å². The molecule has 3 nitrogen and oxygen atoms in total. The van der Waals surface area contributed by atoms with Crippen LogP contribution in [0.1, 0.15) is 12.0 Å². The van der Waals surface area contributed by atoms with Crippen LogP contribution in [0, 0.1) is 12.8 Å². The second-order valence-electron chi connectivity index (χ2n) is 4.80. The number of imidazole rings is 1. The molecule has 2 N–H and O–H groups in total. The fourth-order valence-corrected chi connectivity index (χ4v) is 3.70. The summed E-state index contributed by atoms with van der Waals surface area (Å²) in [4.78, 5) is 4.43. The number of nitrogens with zero attached hydrogens (tertiary/aromatic N) is 2. The van der Waals surface area contributed by atoms with Gasteiger partial charge in [0.05, 0.1) is 11.0 Å². The molecule has 0 bridgehead atoms. The number of fused-ring (bicyclic) bond motifs is 1. The van der Waals surface area contributed by atoms with Crippen LogP contribution < -0.4 is 5.73 Å². The quantitative estimate of drug-likeness (QED) is 0.887. The highest BCUT2D eigenvalue weighted by atomic mass is 32.2. The minimum Gasteiger partial charge on any atom is -0.369 e.